The highest BCUT2D eigenvalue weighted by molar-refractivity contribution is 5.23. The summed E-state index contributed by atoms with van der Waals surface area (Å²) in [6.07, 6.45) is 1.67. The van der Waals surface area contributed by atoms with Crippen molar-refractivity contribution in [3.63, 3.8) is 0 Å². The first-order chi connectivity index (χ1) is 9.29. The highest BCUT2D eigenvalue weighted by Crippen LogP contribution is 1.99. The van der Waals surface area contributed by atoms with Crippen LogP contribution >= 0.6 is 0 Å². The minimum absolute atomic E-state index is 0.381. The van der Waals surface area contributed by atoms with Crippen LogP contribution in [0.15, 0.2) is 10.7 Å². The zero-order valence-corrected chi connectivity index (χ0v) is 13.2. The van der Waals surface area contributed by atoms with E-state index in [9.17, 15) is 0 Å². The molecule has 2 rings (SSSR count). The van der Waals surface area contributed by atoms with E-state index in [-0.39, 0.29) is 0 Å². The van der Waals surface area contributed by atoms with Gasteiger partial charge in [-0.25, -0.2) is 0 Å². The molecule has 1 aliphatic heterocycles. The second-order valence-corrected chi connectivity index (χ2v) is 3.48. The Morgan fingerprint density at radius 3 is 2.05 bits per heavy atom. The smallest absolute Gasteiger partial charge is 0.295 e. The first-order valence-corrected chi connectivity index (χ1v) is 7.17. The van der Waals surface area contributed by atoms with Crippen LogP contribution in [0.25, 0.3) is 0 Å². The number of nitrogens with zero attached hydrogens (tertiary/aromatic N) is 1. The molecular weight excluding hydrogens is 244 g/mol. The molecule has 0 unspecified atom stereocenters. The maximum absolute atomic E-state index is 5.01. The number of hydrogen-bond acceptors (Lipinski definition) is 5. The fourth-order valence-corrected chi connectivity index (χ4v) is 1.06. The molecule has 19 heavy (non-hydrogen) atoms. The largest absolute Gasteiger partial charge is 0.379 e. The van der Waals surface area contributed by atoms with E-state index in [1.54, 1.807) is 6.20 Å². The number of aromatic nitrogens is 2. The average Bonchev–Trinajstić information content (AvgIpc) is 2.98. The highest BCUT2D eigenvalue weighted by atomic mass is 16.5. The zero-order valence-electron chi connectivity index (χ0n) is 13.2. The normalized spacial score (nSPS) is 13.0. The first kappa shape index (κ1) is 20.2. The van der Waals surface area contributed by atoms with Gasteiger partial charge in [0.15, 0.2) is 5.27 Å². The van der Waals surface area contributed by atoms with Crippen LogP contribution in [0.5, 0.6) is 0 Å². The third kappa shape index (κ3) is 14.8. The van der Waals surface area contributed by atoms with E-state index in [0.29, 0.717) is 11.9 Å². The van der Waals surface area contributed by atoms with Gasteiger partial charge in [-0.2, -0.15) is 0 Å². The second kappa shape index (κ2) is 16.9. The first-order valence-electron chi connectivity index (χ1n) is 7.17. The van der Waals surface area contributed by atoms with Gasteiger partial charge in [0, 0.05) is 19.1 Å². The van der Waals surface area contributed by atoms with Gasteiger partial charge in [-0.1, -0.05) is 32.8 Å². The molecule has 0 atom stereocenters. The van der Waals surface area contributed by atoms with Crippen molar-refractivity contribution in [3.8, 4) is 0 Å². The monoisotopic (exact) mass is 275 g/mol. The molecule has 1 fully saturated rings. The molecule has 0 aliphatic carbocycles. The summed E-state index contributed by atoms with van der Waals surface area (Å²) in [4.78, 5) is 0. The Balaban J connectivity index is 0. The summed E-state index contributed by atoms with van der Waals surface area (Å²) in [6.45, 7) is 15.9. The van der Waals surface area contributed by atoms with Gasteiger partial charge in [0.05, 0.1) is 13.2 Å². The van der Waals surface area contributed by atoms with Crippen molar-refractivity contribution in [2.24, 2.45) is 0 Å². The minimum atomic E-state index is 0.381. The van der Waals surface area contributed by atoms with E-state index in [0.717, 1.165) is 26.3 Å². The molecule has 0 spiro atoms. The molecule has 1 aromatic heterocycles. The molecule has 3 N–H and O–H groups in total. The molecule has 1 saturated heterocycles. The fraction of sp³-hybridized carbons (Fsp3) is 0.846. The molecule has 1 aromatic rings. The molecule has 0 saturated carbocycles. The van der Waals surface area contributed by atoms with Gasteiger partial charge < -0.3 is 15.4 Å². The predicted molar refractivity (Wildman–Crippen MR) is 78.2 cm³/mol. The van der Waals surface area contributed by atoms with Crippen LogP contribution in [0, 0.1) is 0 Å². The van der Waals surface area contributed by atoms with E-state index in [2.05, 4.69) is 21.0 Å². The Kier molecular flexibility index (Phi) is 17.9. The Bertz CT molecular complexity index is 225. The van der Waals surface area contributed by atoms with Crippen molar-refractivity contribution >= 4 is 5.88 Å². The lowest BCUT2D eigenvalue weighted by Crippen LogP contribution is -2.30. The van der Waals surface area contributed by atoms with E-state index in [1.165, 1.54) is 0 Å². The summed E-state index contributed by atoms with van der Waals surface area (Å²) >= 11 is 0. The number of rotatable bonds is 2. The van der Waals surface area contributed by atoms with Gasteiger partial charge in [0.2, 0.25) is 0 Å². The Morgan fingerprint density at radius 1 is 1.21 bits per heavy atom. The van der Waals surface area contributed by atoms with Crippen LogP contribution in [-0.2, 0) is 4.74 Å². The van der Waals surface area contributed by atoms with Gasteiger partial charge in [-0.15, -0.1) is 0 Å². The molecule has 0 aromatic carbocycles. The van der Waals surface area contributed by atoms with Crippen LogP contribution in [-0.4, -0.2) is 37.6 Å². The molecular formula is C13H31N4O2+. The lowest BCUT2D eigenvalue weighted by atomic mass is 10.4. The summed E-state index contributed by atoms with van der Waals surface area (Å²) in [5, 5.41) is 12.2. The van der Waals surface area contributed by atoms with Crippen LogP contribution in [0.3, 0.4) is 0 Å². The molecule has 114 valence electrons. The zero-order chi connectivity index (χ0) is 14.9. The fourth-order valence-electron chi connectivity index (χ4n) is 1.06. The van der Waals surface area contributed by atoms with Crippen molar-refractivity contribution in [2.75, 3.05) is 31.6 Å². The summed E-state index contributed by atoms with van der Waals surface area (Å²) in [5.74, 6) is 0.671. The molecule has 0 radical (unpaired) electrons. The molecule has 0 bridgehead atoms. The molecule has 2 heterocycles. The lowest BCUT2D eigenvalue weighted by molar-refractivity contribution is -0.471. The lowest BCUT2D eigenvalue weighted by Gasteiger charge is -2.10. The van der Waals surface area contributed by atoms with Crippen molar-refractivity contribution in [3.05, 3.63) is 6.20 Å². The quantitative estimate of drug-likeness (QED) is 0.863. The van der Waals surface area contributed by atoms with Crippen molar-refractivity contribution in [1.29, 1.82) is 0 Å². The number of H-pyrrole nitrogens is 1. The number of hydrogen-bond donors (Lipinski definition) is 2. The number of morpholine rings is 1. The average molecular weight is 275 g/mol. The number of nitrogens with one attached hydrogen (secondary N) is 3. The maximum Gasteiger partial charge on any atom is 0.295 e. The van der Waals surface area contributed by atoms with Gasteiger partial charge in [-0.3, -0.25) is 4.52 Å². The van der Waals surface area contributed by atoms with E-state index in [1.807, 2.05) is 41.5 Å². The molecule has 1 aliphatic rings. The Hall–Kier alpha value is -1.14. The van der Waals surface area contributed by atoms with Gasteiger partial charge in [-0.05, 0) is 13.8 Å². The van der Waals surface area contributed by atoms with Crippen LogP contribution in [0.4, 0.5) is 5.88 Å². The van der Waals surface area contributed by atoms with Gasteiger partial charge >= 0.3 is 0 Å². The third-order valence-corrected chi connectivity index (χ3v) is 1.67. The Labute approximate surface area is 117 Å². The number of ether oxygens (including phenoxy) is 1. The molecule has 0 amide bonds. The van der Waals surface area contributed by atoms with Crippen LogP contribution in [0.2, 0.25) is 0 Å². The SMILES string of the molecule is C1COCCN1.CC.CC.CC(C)Nc1c[nH+]no1. The summed E-state index contributed by atoms with van der Waals surface area (Å²) < 4.78 is 9.73. The summed E-state index contributed by atoms with van der Waals surface area (Å²) in [6, 6.07) is 0.381. The predicted octanol–water partition coefficient (Wildman–Crippen LogP) is 1.97. The van der Waals surface area contributed by atoms with Crippen LogP contribution in [0.1, 0.15) is 41.5 Å². The third-order valence-electron chi connectivity index (χ3n) is 1.67. The van der Waals surface area contributed by atoms with Gasteiger partial charge in [0.1, 0.15) is 0 Å². The Morgan fingerprint density at radius 2 is 1.79 bits per heavy atom. The molecule has 6 heteroatoms. The van der Waals surface area contributed by atoms with Crippen molar-refractivity contribution in [1.82, 2.24) is 10.6 Å². The summed E-state index contributed by atoms with van der Waals surface area (Å²) in [5.41, 5.74) is 0. The maximum atomic E-state index is 5.01. The van der Waals surface area contributed by atoms with E-state index >= 15 is 0 Å². The summed E-state index contributed by atoms with van der Waals surface area (Å²) in [7, 11) is 0. The highest BCUT2D eigenvalue weighted by Gasteiger charge is 2.01. The second-order valence-electron chi connectivity index (χ2n) is 3.48. The van der Waals surface area contributed by atoms with Crippen LogP contribution < -0.4 is 15.7 Å². The van der Waals surface area contributed by atoms with Crippen molar-refractivity contribution < 1.29 is 14.4 Å². The molecule has 6 nitrogen and oxygen atoms in total. The minimum Gasteiger partial charge on any atom is -0.379 e. The van der Waals surface area contributed by atoms with E-state index < -0.39 is 0 Å². The number of aromatic amines is 1. The van der Waals surface area contributed by atoms with Crippen molar-refractivity contribution in [2.45, 2.75) is 47.6 Å². The topological polar surface area (TPSA) is 73.5 Å². The standard InChI is InChI=1S/C5H9N3O.C4H9NO.2C2H6/c1-4(2)7-5-3-6-8-9-5;1-3-6-4-2-5-1;2*1-2/h3-4,7H,1-2H3;5H,1-4H2;2*1-2H3/p+1. The number of anilines is 1. The van der Waals surface area contributed by atoms with Gasteiger partial charge in [0.25, 0.3) is 12.1 Å². The van der Waals surface area contributed by atoms with E-state index in [4.69, 9.17) is 9.26 Å².